The lowest BCUT2D eigenvalue weighted by atomic mass is 10.0. The average molecular weight is 521 g/mol. The summed E-state index contributed by atoms with van der Waals surface area (Å²) >= 11 is 1.54. The topological polar surface area (TPSA) is 88.8 Å². The Labute approximate surface area is 220 Å². The number of carboxylic acids is 1. The van der Waals surface area contributed by atoms with Crippen molar-refractivity contribution in [3.05, 3.63) is 66.0 Å². The van der Waals surface area contributed by atoms with E-state index in [0.29, 0.717) is 25.8 Å². The number of nitrogens with zero attached hydrogens (tertiary/aromatic N) is 3. The van der Waals surface area contributed by atoms with Gasteiger partial charge < -0.3 is 29.4 Å². The highest BCUT2D eigenvalue weighted by atomic mass is 32.1. The zero-order valence-electron chi connectivity index (χ0n) is 21.1. The molecule has 8 nitrogen and oxygen atoms in total. The fraction of sp³-hybridized carbons (Fsp3) is 0.357. The number of rotatable bonds is 10. The van der Waals surface area contributed by atoms with Crippen LogP contribution in [0.15, 0.2) is 54.9 Å². The summed E-state index contributed by atoms with van der Waals surface area (Å²) in [5.41, 5.74) is 3.07. The number of anilines is 1. The standard InChI is InChI=1S/C28H32N4O4S/c1-3-35-23-15-19(16-24(36-4-2)26(23)31-13-5-6-14-31)18-32(21-9-11-29-12-10-21)28-30-22-8-7-20(27(33)34)17-25(22)37-28/h5-8,13-17,21,29H,3-4,9-12,18H2,1-2H3,(H,33,34). The van der Waals surface area contributed by atoms with E-state index in [1.54, 1.807) is 29.5 Å². The molecule has 0 aliphatic carbocycles. The van der Waals surface area contributed by atoms with Crippen molar-refractivity contribution in [2.75, 3.05) is 31.2 Å². The van der Waals surface area contributed by atoms with E-state index >= 15 is 0 Å². The van der Waals surface area contributed by atoms with Crippen molar-refractivity contribution in [1.29, 1.82) is 0 Å². The third kappa shape index (κ3) is 5.42. The number of thiazole rings is 1. The number of carbonyl (C=O) groups is 1. The molecular formula is C28H32N4O4S. The van der Waals surface area contributed by atoms with Gasteiger partial charge in [-0.2, -0.15) is 0 Å². The summed E-state index contributed by atoms with van der Waals surface area (Å²) in [6.07, 6.45) is 6.00. The van der Waals surface area contributed by atoms with E-state index in [4.69, 9.17) is 14.5 Å². The van der Waals surface area contributed by atoms with Crippen molar-refractivity contribution in [3.8, 4) is 17.2 Å². The van der Waals surface area contributed by atoms with Crippen molar-refractivity contribution in [1.82, 2.24) is 14.9 Å². The second-order valence-electron chi connectivity index (χ2n) is 8.99. The van der Waals surface area contributed by atoms with Crippen LogP contribution in [0.25, 0.3) is 15.9 Å². The number of hydrogen-bond acceptors (Lipinski definition) is 7. The summed E-state index contributed by atoms with van der Waals surface area (Å²) in [6.45, 7) is 7.62. The van der Waals surface area contributed by atoms with Crippen LogP contribution in [-0.4, -0.2) is 53.0 Å². The number of fused-ring (bicyclic) bond motifs is 1. The van der Waals surface area contributed by atoms with Gasteiger partial charge >= 0.3 is 5.97 Å². The Bertz CT molecular complexity index is 1340. The van der Waals surface area contributed by atoms with Crippen LogP contribution in [0.3, 0.4) is 0 Å². The van der Waals surface area contributed by atoms with Crippen molar-refractivity contribution in [2.24, 2.45) is 0 Å². The molecule has 2 aromatic carbocycles. The van der Waals surface area contributed by atoms with Gasteiger partial charge in [0.05, 0.1) is 29.0 Å². The predicted octanol–water partition coefficient (Wildman–Crippen LogP) is 5.34. The van der Waals surface area contributed by atoms with Gasteiger partial charge in [-0.1, -0.05) is 11.3 Å². The molecule has 1 aliphatic heterocycles. The molecule has 1 aliphatic rings. The Kier molecular flexibility index (Phi) is 7.62. The number of piperidine rings is 1. The van der Waals surface area contributed by atoms with E-state index in [-0.39, 0.29) is 5.56 Å². The van der Waals surface area contributed by atoms with Crippen LogP contribution in [0.5, 0.6) is 11.5 Å². The van der Waals surface area contributed by atoms with E-state index in [1.165, 1.54) is 0 Å². The lowest BCUT2D eigenvalue weighted by Gasteiger charge is -2.35. The van der Waals surface area contributed by atoms with Gasteiger partial charge in [0.15, 0.2) is 5.13 Å². The number of ether oxygens (including phenoxy) is 2. The zero-order chi connectivity index (χ0) is 25.8. The first kappa shape index (κ1) is 25.1. The van der Waals surface area contributed by atoms with Crippen LogP contribution in [0, 0.1) is 0 Å². The van der Waals surface area contributed by atoms with Crippen LogP contribution in [0.1, 0.15) is 42.6 Å². The Balaban J connectivity index is 1.56. The number of hydrogen-bond donors (Lipinski definition) is 2. The first-order valence-corrected chi connectivity index (χ1v) is 13.6. The second kappa shape index (κ2) is 11.2. The first-order chi connectivity index (χ1) is 18.1. The molecule has 0 unspecified atom stereocenters. The van der Waals surface area contributed by atoms with E-state index in [9.17, 15) is 9.90 Å². The van der Waals surface area contributed by atoms with E-state index in [1.807, 2.05) is 42.9 Å². The van der Waals surface area contributed by atoms with E-state index in [2.05, 4.69) is 22.3 Å². The van der Waals surface area contributed by atoms with Crippen LogP contribution in [0.4, 0.5) is 5.13 Å². The largest absolute Gasteiger partial charge is 0.492 e. The number of nitrogens with one attached hydrogen (secondary N) is 1. The molecule has 37 heavy (non-hydrogen) atoms. The molecule has 0 radical (unpaired) electrons. The number of benzene rings is 2. The molecule has 9 heteroatoms. The van der Waals surface area contributed by atoms with Gasteiger partial charge in [0.1, 0.15) is 17.2 Å². The monoisotopic (exact) mass is 520 g/mol. The minimum absolute atomic E-state index is 0.277. The molecular weight excluding hydrogens is 488 g/mol. The zero-order valence-corrected chi connectivity index (χ0v) is 22.0. The second-order valence-corrected chi connectivity index (χ2v) is 10.00. The third-order valence-electron chi connectivity index (χ3n) is 6.53. The van der Waals surface area contributed by atoms with Crippen molar-refractivity contribution >= 4 is 32.7 Å². The van der Waals surface area contributed by atoms with Gasteiger partial charge in [0.2, 0.25) is 0 Å². The lowest BCUT2D eigenvalue weighted by Crippen LogP contribution is -2.43. The third-order valence-corrected chi connectivity index (χ3v) is 7.59. The fourth-order valence-electron chi connectivity index (χ4n) is 4.83. The Morgan fingerprint density at radius 1 is 1.11 bits per heavy atom. The van der Waals surface area contributed by atoms with Gasteiger partial charge in [-0.05, 0) is 87.8 Å². The van der Waals surface area contributed by atoms with Gasteiger partial charge in [-0.3, -0.25) is 0 Å². The maximum atomic E-state index is 11.5. The summed E-state index contributed by atoms with van der Waals surface area (Å²) in [4.78, 5) is 18.8. The van der Waals surface area contributed by atoms with Crippen LogP contribution in [-0.2, 0) is 6.54 Å². The van der Waals surface area contributed by atoms with E-state index < -0.39 is 5.97 Å². The molecule has 2 N–H and O–H groups in total. The van der Waals surface area contributed by atoms with Crippen LogP contribution >= 0.6 is 11.3 Å². The summed E-state index contributed by atoms with van der Waals surface area (Å²) in [5.74, 6) is 0.627. The molecule has 5 rings (SSSR count). The Hall–Kier alpha value is -3.56. The number of aromatic nitrogens is 2. The minimum atomic E-state index is -0.929. The summed E-state index contributed by atoms with van der Waals surface area (Å²) in [6, 6.07) is 13.6. The summed E-state index contributed by atoms with van der Waals surface area (Å²) < 4.78 is 15.1. The van der Waals surface area contributed by atoms with Crippen molar-refractivity contribution in [3.63, 3.8) is 0 Å². The smallest absolute Gasteiger partial charge is 0.335 e. The van der Waals surface area contributed by atoms with Crippen molar-refractivity contribution in [2.45, 2.75) is 39.3 Å². The molecule has 3 heterocycles. The maximum Gasteiger partial charge on any atom is 0.335 e. The minimum Gasteiger partial charge on any atom is -0.492 e. The fourth-order valence-corrected chi connectivity index (χ4v) is 5.91. The van der Waals surface area contributed by atoms with Gasteiger partial charge in [-0.25, -0.2) is 9.78 Å². The molecule has 1 fully saturated rings. The molecule has 1 saturated heterocycles. The summed E-state index contributed by atoms with van der Waals surface area (Å²) in [5, 5.41) is 13.8. The molecule has 194 valence electrons. The number of carboxylic acid groups (broad SMARTS) is 1. The highest BCUT2D eigenvalue weighted by molar-refractivity contribution is 7.22. The highest BCUT2D eigenvalue weighted by Crippen LogP contribution is 2.38. The molecule has 0 bridgehead atoms. The normalized spacial score (nSPS) is 14.1. The Morgan fingerprint density at radius 3 is 2.41 bits per heavy atom. The molecule has 4 aromatic rings. The average Bonchev–Trinajstić information content (AvgIpc) is 3.58. The first-order valence-electron chi connectivity index (χ1n) is 12.7. The SMILES string of the molecule is CCOc1cc(CN(c2nc3ccc(C(=O)O)cc3s2)C2CCNCC2)cc(OCC)c1-n1cccc1. The number of aromatic carboxylic acids is 1. The van der Waals surface area contributed by atoms with Crippen LogP contribution < -0.4 is 19.7 Å². The molecule has 0 amide bonds. The molecule has 0 saturated carbocycles. The highest BCUT2D eigenvalue weighted by Gasteiger charge is 2.26. The van der Waals surface area contributed by atoms with Gasteiger partial charge in [0.25, 0.3) is 0 Å². The van der Waals surface area contributed by atoms with Crippen LogP contribution in [0.2, 0.25) is 0 Å². The lowest BCUT2D eigenvalue weighted by molar-refractivity contribution is 0.0697. The Morgan fingerprint density at radius 2 is 1.78 bits per heavy atom. The van der Waals surface area contributed by atoms with E-state index in [0.717, 1.165) is 64.0 Å². The quantitative estimate of drug-likeness (QED) is 0.292. The maximum absolute atomic E-state index is 11.5. The molecule has 0 spiro atoms. The molecule has 2 aromatic heterocycles. The molecule has 0 atom stereocenters. The van der Waals surface area contributed by atoms with Gasteiger partial charge in [0, 0.05) is 25.0 Å². The van der Waals surface area contributed by atoms with Crippen molar-refractivity contribution < 1.29 is 19.4 Å². The van der Waals surface area contributed by atoms with Gasteiger partial charge in [-0.15, -0.1) is 0 Å². The predicted molar refractivity (Wildman–Crippen MR) is 147 cm³/mol. The summed E-state index contributed by atoms with van der Waals surface area (Å²) in [7, 11) is 0.